The summed E-state index contributed by atoms with van der Waals surface area (Å²) in [5.74, 6) is -1.03. The van der Waals surface area contributed by atoms with Gasteiger partial charge in [0.1, 0.15) is 0 Å². The lowest BCUT2D eigenvalue weighted by atomic mass is 10.2. The fourth-order valence-corrected chi connectivity index (χ4v) is 3.11. The average Bonchev–Trinajstić information content (AvgIpc) is 2.98. The lowest BCUT2D eigenvalue weighted by molar-refractivity contribution is -0.147. The summed E-state index contributed by atoms with van der Waals surface area (Å²) >= 11 is 1.66. The minimum atomic E-state index is -1.03. The van der Waals surface area contributed by atoms with E-state index in [4.69, 9.17) is 4.74 Å². The van der Waals surface area contributed by atoms with E-state index in [1.165, 1.54) is 9.78 Å². The molecule has 2 heterocycles. The van der Waals surface area contributed by atoms with Gasteiger partial charge < -0.3 is 19.6 Å². The standard InChI is InChI=1S/C14H20N2O4S/c1-10(8-11-4-3-7-21-11)15(2)14(19)16-5-6-20-9-12(16)13(17)18/h3-4,7,10,12H,5-6,8-9H2,1-2H3,(H,17,18). The molecule has 0 aliphatic carbocycles. The fourth-order valence-electron chi connectivity index (χ4n) is 2.29. The van der Waals surface area contributed by atoms with E-state index in [-0.39, 0.29) is 18.7 Å². The predicted molar refractivity (Wildman–Crippen MR) is 79.6 cm³/mol. The Morgan fingerprint density at radius 1 is 1.62 bits per heavy atom. The van der Waals surface area contributed by atoms with E-state index in [0.29, 0.717) is 13.2 Å². The van der Waals surface area contributed by atoms with E-state index in [2.05, 4.69) is 0 Å². The maximum absolute atomic E-state index is 12.5. The number of carbonyl (C=O) groups is 2. The van der Waals surface area contributed by atoms with Crippen LogP contribution in [0.15, 0.2) is 17.5 Å². The largest absolute Gasteiger partial charge is 0.480 e. The number of carboxylic acid groups (broad SMARTS) is 1. The van der Waals surface area contributed by atoms with Crippen LogP contribution in [0.4, 0.5) is 4.79 Å². The van der Waals surface area contributed by atoms with Crippen LogP contribution in [-0.4, -0.2) is 65.8 Å². The topological polar surface area (TPSA) is 70.1 Å². The number of hydrogen-bond donors (Lipinski definition) is 1. The Labute approximate surface area is 127 Å². The first kappa shape index (κ1) is 15.8. The number of amides is 2. The summed E-state index contributed by atoms with van der Waals surface area (Å²) < 4.78 is 5.16. The van der Waals surface area contributed by atoms with Gasteiger partial charge in [0, 0.05) is 30.9 Å². The summed E-state index contributed by atoms with van der Waals surface area (Å²) in [6.07, 6.45) is 0.766. The van der Waals surface area contributed by atoms with Crippen molar-refractivity contribution in [3.63, 3.8) is 0 Å². The highest BCUT2D eigenvalue weighted by molar-refractivity contribution is 7.09. The van der Waals surface area contributed by atoms with Crippen LogP contribution in [0.1, 0.15) is 11.8 Å². The molecule has 0 radical (unpaired) electrons. The van der Waals surface area contributed by atoms with Gasteiger partial charge in [0.15, 0.2) is 6.04 Å². The third-order valence-corrected chi connectivity index (χ3v) is 4.60. The number of likely N-dealkylation sites (N-methyl/N-ethyl adjacent to an activating group) is 1. The highest BCUT2D eigenvalue weighted by Crippen LogP contribution is 2.16. The number of carbonyl (C=O) groups excluding carboxylic acids is 1. The molecule has 0 spiro atoms. The Bertz CT molecular complexity index is 491. The number of carboxylic acids is 1. The average molecular weight is 312 g/mol. The SMILES string of the molecule is CC(Cc1cccs1)N(C)C(=O)N1CCOCC1C(=O)O. The second kappa shape index (κ2) is 6.91. The maximum Gasteiger partial charge on any atom is 0.328 e. The van der Waals surface area contributed by atoms with Crippen molar-refractivity contribution in [1.29, 1.82) is 0 Å². The number of ether oxygens (including phenoxy) is 1. The van der Waals surface area contributed by atoms with Gasteiger partial charge in [-0.2, -0.15) is 0 Å². The van der Waals surface area contributed by atoms with Crippen molar-refractivity contribution < 1.29 is 19.4 Å². The molecule has 0 saturated carbocycles. The second-order valence-corrected chi connectivity index (χ2v) is 6.18. The molecule has 1 aliphatic rings. The minimum Gasteiger partial charge on any atom is -0.480 e. The van der Waals surface area contributed by atoms with Gasteiger partial charge in [-0.15, -0.1) is 11.3 Å². The van der Waals surface area contributed by atoms with Gasteiger partial charge in [-0.25, -0.2) is 9.59 Å². The lowest BCUT2D eigenvalue weighted by Crippen LogP contribution is -2.57. The van der Waals surface area contributed by atoms with E-state index in [1.807, 2.05) is 24.4 Å². The Morgan fingerprint density at radius 2 is 2.38 bits per heavy atom. The lowest BCUT2D eigenvalue weighted by Gasteiger charge is -2.37. The number of rotatable bonds is 4. The van der Waals surface area contributed by atoms with Crippen molar-refractivity contribution in [2.75, 3.05) is 26.8 Å². The van der Waals surface area contributed by atoms with Crippen molar-refractivity contribution >= 4 is 23.3 Å². The van der Waals surface area contributed by atoms with Gasteiger partial charge in [-0.3, -0.25) is 0 Å². The molecule has 0 bridgehead atoms. The van der Waals surface area contributed by atoms with E-state index < -0.39 is 12.0 Å². The molecule has 1 aromatic heterocycles. The maximum atomic E-state index is 12.5. The summed E-state index contributed by atoms with van der Waals surface area (Å²) in [5, 5.41) is 11.2. The number of urea groups is 1. The summed E-state index contributed by atoms with van der Waals surface area (Å²) in [6, 6.07) is 2.87. The Morgan fingerprint density at radius 3 is 3.00 bits per heavy atom. The highest BCUT2D eigenvalue weighted by atomic mass is 32.1. The quantitative estimate of drug-likeness (QED) is 0.915. The van der Waals surface area contributed by atoms with Gasteiger partial charge in [0.05, 0.1) is 13.2 Å². The van der Waals surface area contributed by atoms with Crippen molar-refractivity contribution in [3.8, 4) is 0 Å². The molecule has 0 aromatic carbocycles. The summed E-state index contributed by atoms with van der Waals surface area (Å²) in [7, 11) is 1.72. The molecule has 21 heavy (non-hydrogen) atoms. The molecule has 7 heteroatoms. The molecule has 2 rings (SSSR count). The molecule has 2 atom stereocenters. The predicted octanol–water partition coefficient (Wildman–Crippen LogP) is 1.52. The minimum absolute atomic E-state index is 0.00781. The normalized spacial score (nSPS) is 20.1. The van der Waals surface area contributed by atoms with Crippen LogP contribution >= 0.6 is 11.3 Å². The molecule has 2 amide bonds. The molecule has 1 saturated heterocycles. The van der Waals surface area contributed by atoms with E-state index in [0.717, 1.165) is 6.42 Å². The van der Waals surface area contributed by atoms with Crippen LogP contribution in [0, 0.1) is 0 Å². The van der Waals surface area contributed by atoms with E-state index in [1.54, 1.807) is 23.3 Å². The number of aliphatic carboxylic acids is 1. The summed E-state index contributed by atoms with van der Waals surface area (Å²) in [6.45, 7) is 2.70. The molecule has 6 nitrogen and oxygen atoms in total. The third-order valence-electron chi connectivity index (χ3n) is 3.70. The molecule has 1 N–H and O–H groups in total. The Balaban J connectivity index is 2.01. The smallest absolute Gasteiger partial charge is 0.328 e. The summed E-state index contributed by atoms with van der Waals surface area (Å²) in [4.78, 5) is 28.0. The highest BCUT2D eigenvalue weighted by Gasteiger charge is 2.35. The third kappa shape index (κ3) is 3.74. The molecule has 1 aromatic rings. The van der Waals surface area contributed by atoms with Crippen LogP contribution < -0.4 is 0 Å². The number of thiophene rings is 1. The zero-order valence-electron chi connectivity index (χ0n) is 12.2. The van der Waals surface area contributed by atoms with Crippen molar-refractivity contribution in [2.24, 2.45) is 0 Å². The van der Waals surface area contributed by atoms with Crippen LogP contribution in [0.2, 0.25) is 0 Å². The fraction of sp³-hybridized carbons (Fsp3) is 0.571. The molecule has 1 aliphatic heterocycles. The second-order valence-electron chi connectivity index (χ2n) is 5.15. The number of morpholine rings is 1. The monoisotopic (exact) mass is 312 g/mol. The van der Waals surface area contributed by atoms with Gasteiger partial charge in [-0.1, -0.05) is 6.07 Å². The Hall–Kier alpha value is -1.60. The number of hydrogen-bond acceptors (Lipinski definition) is 4. The molecular weight excluding hydrogens is 292 g/mol. The van der Waals surface area contributed by atoms with Crippen LogP contribution in [0.3, 0.4) is 0 Å². The number of nitrogens with zero attached hydrogens (tertiary/aromatic N) is 2. The van der Waals surface area contributed by atoms with Gasteiger partial charge in [-0.05, 0) is 18.4 Å². The van der Waals surface area contributed by atoms with Crippen molar-refractivity contribution in [1.82, 2.24) is 9.80 Å². The molecular formula is C14H20N2O4S. The first-order chi connectivity index (χ1) is 10.0. The van der Waals surface area contributed by atoms with Crippen LogP contribution in [0.25, 0.3) is 0 Å². The van der Waals surface area contributed by atoms with Gasteiger partial charge in [0.25, 0.3) is 0 Å². The van der Waals surface area contributed by atoms with Crippen molar-refractivity contribution in [2.45, 2.75) is 25.4 Å². The van der Waals surface area contributed by atoms with E-state index in [9.17, 15) is 14.7 Å². The molecule has 116 valence electrons. The summed E-state index contributed by atoms with van der Waals surface area (Å²) in [5.41, 5.74) is 0. The van der Waals surface area contributed by atoms with Crippen LogP contribution in [0.5, 0.6) is 0 Å². The zero-order valence-corrected chi connectivity index (χ0v) is 13.0. The van der Waals surface area contributed by atoms with Gasteiger partial charge in [0.2, 0.25) is 0 Å². The molecule has 1 fully saturated rings. The van der Waals surface area contributed by atoms with Crippen molar-refractivity contribution in [3.05, 3.63) is 22.4 Å². The van der Waals surface area contributed by atoms with Gasteiger partial charge >= 0.3 is 12.0 Å². The van der Waals surface area contributed by atoms with E-state index >= 15 is 0 Å². The van der Waals surface area contributed by atoms with Crippen LogP contribution in [-0.2, 0) is 16.0 Å². The molecule has 2 unspecified atom stereocenters. The zero-order chi connectivity index (χ0) is 15.4. The Kier molecular flexibility index (Phi) is 5.19. The first-order valence-electron chi connectivity index (χ1n) is 6.87. The first-order valence-corrected chi connectivity index (χ1v) is 7.75.